The number of hydrogen-bond donors (Lipinski definition) is 0. The van der Waals surface area contributed by atoms with E-state index >= 15 is 0 Å². The van der Waals surface area contributed by atoms with Crippen molar-refractivity contribution in [1.82, 2.24) is 4.98 Å². The van der Waals surface area contributed by atoms with Crippen LogP contribution in [-0.4, -0.2) is 17.6 Å². The van der Waals surface area contributed by atoms with E-state index in [1.807, 2.05) is 91.9 Å². The predicted molar refractivity (Wildman–Crippen MR) is 128 cm³/mol. The van der Waals surface area contributed by atoms with Crippen molar-refractivity contribution in [3.05, 3.63) is 96.1 Å². The first-order chi connectivity index (χ1) is 16.1. The third kappa shape index (κ3) is 4.17. The number of benzene rings is 4. The number of esters is 1. The topological polar surface area (TPSA) is 61.6 Å². The van der Waals surface area contributed by atoms with Gasteiger partial charge in [0.25, 0.3) is 0 Å². The molecular weight excluding hydrogens is 414 g/mol. The molecule has 0 saturated carbocycles. The number of nitrogens with zero attached hydrogens (tertiary/aromatic N) is 1. The summed E-state index contributed by atoms with van der Waals surface area (Å²) in [5, 5.41) is 2.00. The van der Waals surface area contributed by atoms with Crippen LogP contribution in [0.4, 0.5) is 0 Å². The molecule has 5 nitrogen and oxygen atoms in total. The van der Waals surface area contributed by atoms with Gasteiger partial charge in [-0.1, -0.05) is 66.2 Å². The average Bonchev–Trinajstić information content (AvgIpc) is 3.26. The van der Waals surface area contributed by atoms with E-state index in [1.165, 1.54) is 0 Å². The minimum Gasteiger partial charge on any atom is -0.473 e. The molecule has 0 aliphatic rings. The molecule has 0 bridgehead atoms. The molecule has 0 fully saturated rings. The quantitative estimate of drug-likeness (QED) is 0.279. The number of carbonyl (C=O) groups excluding carboxylic acids is 1. The summed E-state index contributed by atoms with van der Waals surface area (Å²) in [4.78, 5) is 17.6. The zero-order chi connectivity index (χ0) is 22.8. The molecule has 33 heavy (non-hydrogen) atoms. The summed E-state index contributed by atoms with van der Waals surface area (Å²) in [6.07, 6.45) is -0.922. The fourth-order valence-corrected chi connectivity index (χ4v) is 3.90. The first-order valence-electron chi connectivity index (χ1n) is 10.9. The Morgan fingerprint density at radius 1 is 0.939 bits per heavy atom. The number of hydrogen-bond acceptors (Lipinski definition) is 5. The molecule has 1 unspecified atom stereocenters. The summed E-state index contributed by atoms with van der Waals surface area (Å²) in [7, 11) is 0. The van der Waals surface area contributed by atoms with Crippen molar-refractivity contribution in [2.75, 3.05) is 6.61 Å². The Balaban J connectivity index is 1.66. The van der Waals surface area contributed by atoms with E-state index in [4.69, 9.17) is 13.9 Å². The zero-order valence-corrected chi connectivity index (χ0v) is 18.4. The highest BCUT2D eigenvalue weighted by Gasteiger charge is 2.27. The van der Waals surface area contributed by atoms with Gasteiger partial charge in [-0.2, -0.15) is 0 Å². The SMILES string of the molecule is CCOC(=O)C(Oc1cc2ccccc2cc1-c1nc2ccccc2o1)c1cccc(C)c1. The second-order valence-corrected chi connectivity index (χ2v) is 7.85. The van der Waals surface area contributed by atoms with Crippen molar-refractivity contribution in [1.29, 1.82) is 0 Å². The highest BCUT2D eigenvalue weighted by molar-refractivity contribution is 5.90. The van der Waals surface area contributed by atoms with Crippen LogP contribution in [-0.2, 0) is 9.53 Å². The van der Waals surface area contributed by atoms with Gasteiger partial charge in [0.1, 0.15) is 11.3 Å². The number of rotatable bonds is 6. The standard InChI is InChI=1S/C28H23NO4/c1-3-31-28(30)26(21-12-8-9-18(2)15-21)32-25-17-20-11-5-4-10-19(20)16-22(25)27-29-23-13-6-7-14-24(23)33-27/h4-17,26H,3H2,1-2H3. The molecule has 5 aromatic rings. The van der Waals surface area contributed by atoms with E-state index < -0.39 is 12.1 Å². The van der Waals surface area contributed by atoms with Gasteiger partial charge in [0.05, 0.1) is 12.2 Å². The average molecular weight is 437 g/mol. The molecule has 0 aliphatic carbocycles. The lowest BCUT2D eigenvalue weighted by Gasteiger charge is -2.20. The van der Waals surface area contributed by atoms with Crippen molar-refractivity contribution >= 4 is 27.8 Å². The Labute approximate surface area is 191 Å². The van der Waals surface area contributed by atoms with E-state index in [0.717, 1.165) is 27.4 Å². The third-order valence-corrected chi connectivity index (χ3v) is 5.46. The van der Waals surface area contributed by atoms with Crippen LogP contribution in [0.15, 0.2) is 89.3 Å². The number of carbonyl (C=O) groups is 1. The van der Waals surface area contributed by atoms with E-state index in [9.17, 15) is 4.79 Å². The van der Waals surface area contributed by atoms with Gasteiger partial charge >= 0.3 is 5.97 Å². The monoisotopic (exact) mass is 437 g/mol. The molecule has 0 spiro atoms. The Bertz CT molecular complexity index is 1420. The van der Waals surface area contributed by atoms with E-state index in [0.29, 0.717) is 22.8 Å². The molecule has 0 aliphatic heterocycles. The smallest absolute Gasteiger partial charge is 0.352 e. The number of fused-ring (bicyclic) bond motifs is 2. The molecule has 1 heterocycles. The van der Waals surface area contributed by atoms with Crippen LogP contribution in [0.1, 0.15) is 24.2 Å². The molecule has 0 amide bonds. The Hall–Kier alpha value is -4.12. The number of ether oxygens (including phenoxy) is 2. The normalized spacial score (nSPS) is 12.1. The van der Waals surface area contributed by atoms with Crippen molar-refractivity contribution in [3.63, 3.8) is 0 Å². The molecule has 5 rings (SSSR count). The van der Waals surface area contributed by atoms with Gasteiger partial charge in [-0.05, 0) is 48.9 Å². The fraction of sp³-hybridized carbons (Fsp3) is 0.143. The van der Waals surface area contributed by atoms with Crippen molar-refractivity contribution in [2.45, 2.75) is 20.0 Å². The molecule has 1 atom stereocenters. The first-order valence-corrected chi connectivity index (χ1v) is 10.9. The summed E-state index contributed by atoms with van der Waals surface area (Å²) in [6.45, 7) is 4.02. The predicted octanol–water partition coefficient (Wildman–Crippen LogP) is 6.64. The second-order valence-electron chi connectivity index (χ2n) is 7.85. The lowest BCUT2D eigenvalue weighted by Crippen LogP contribution is -2.22. The molecule has 4 aromatic carbocycles. The summed E-state index contributed by atoms with van der Waals surface area (Å²) in [5.74, 6) is 0.489. The van der Waals surface area contributed by atoms with Crippen LogP contribution in [0.25, 0.3) is 33.3 Å². The first kappa shape index (κ1) is 20.8. The number of oxazole rings is 1. The Morgan fingerprint density at radius 3 is 2.45 bits per heavy atom. The molecule has 0 N–H and O–H groups in total. The van der Waals surface area contributed by atoms with Gasteiger partial charge in [0.15, 0.2) is 5.58 Å². The van der Waals surface area contributed by atoms with Crippen LogP contribution in [0, 0.1) is 6.92 Å². The van der Waals surface area contributed by atoms with Gasteiger partial charge in [0, 0.05) is 5.56 Å². The Kier molecular flexibility index (Phi) is 5.53. The molecule has 1 aromatic heterocycles. The number of aromatic nitrogens is 1. The fourth-order valence-electron chi connectivity index (χ4n) is 3.90. The second kappa shape index (κ2) is 8.79. The van der Waals surface area contributed by atoms with Crippen molar-refractivity contribution in [3.8, 4) is 17.2 Å². The van der Waals surface area contributed by atoms with Crippen molar-refractivity contribution < 1.29 is 18.7 Å². The molecule has 5 heteroatoms. The van der Waals surface area contributed by atoms with Gasteiger partial charge in [0.2, 0.25) is 12.0 Å². The third-order valence-electron chi connectivity index (χ3n) is 5.46. The van der Waals surface area contributed by atoms with Crippen LogP contribution < -0.4 is 4.74 Å². The maximum absolute atomic E-state index is 12.9. The van der Waals surface area contributed by atoms with Crippen molar-refractivity contribution in [2.24, 2.45) is 0 Å². The van der Waals surface area contributed by atoms with E-state index in [2.05, 4.69) is 4.98 Å². The highest BCUT2D eigenvalue weighted by Crippen LogP contribution is 2.38. The summed E-state index contributed by atoms with van der Waals surface area (Å²) < 4.78 is 17.8. The molecular formula is C28H23NO4. The highest BCUT2D eigenvalue weighted by atomic mass is 16.6. The number of para-hydroxylation sites is 2. The lowest BCUT2D eigenvalue weighted by atomic mass is 10.0. The van der Waals surface area contributed by atoms with Gasteiger partial charge in [-0.25, -0.2) is 9.78 Å². The molecule has 0 saturated heterocycles. The van der Waals surface area contributed by atoms with Crippen LogP contribution in [0.5, 0.6) is 5.75 Å². The summed E-state index contributed by atoms with van der Waals surface area (Å²) >= 11 is 0. The van der Waals surface area contributed by atoms with Gasteiger partial charge < -0.3 is 13.9 Å². The maximum Gasteiger partial charge on any atom is 0.352 e. The Morgan fingerprint density at radius 2 is 1.70 bits per heavy atom. The van der Waals surface area contributed by atoms with E-state index in [1.54, 1.807) is 6.92 Å². The van der Waals surface area contributed by atoms with Gasteiger partial charge in [-0.3, -0.25) is 0 Å². The van der Waals surface area contributed by atoms with Crippen LogP contribution in [0.3, 0.4) is 0 Å². The molecule has 0 radical (unpaired) electrons. The minimum absolute atomic E-state index is 0.264. The molecule has 164 valence electrons. The zero-order valence-electron chi connectivity index (χ0n) is 18.4. The number of aryl methyl sites for hydroxylation is 1. The minimum atomic E-state index is -0.922. The summed E-state index contributed by atoms with van der Waals surface area (Å²) in [5.41, 5.74) is 3.87. The van der Waals surface area contributed by atoms with Crippen LogP contribution >= 0.6 is 0 Å². The summed E-state index contributed by atoms with van der Waals surface area (Å²) in [6, 6.07) is 27.2. The largest absolute Gasteiger partial charge is 0.473 e. The lowest BCUT2D eigenvalue weighted by molar-refractivity contribution is -0.151. The maximum atomic E-state index is 12.9. The van der Waals surface area contributed by atoms with E-state index in [-0.39, 0.29) is 6.61 Å². The van der Waals surface area contributed by atoms with Crippen LogP contribution in [0.2, 0.25) is 0 Å². The van der Waals surface area contributed by atoms with Gasteiger partial charge in [-0.15, -0.1) is 0 Å².